The lowest BCUT2D eigenvalue weighted by Gasteiger charge is -2.50. The molecule has 0 bridgehead atoms. The van der Waals surface area contributed by atoms with E-state index in [0.29, 0.717) is 6.04 Å². The Morgan fingerprint density at radius 3 is 2.67 bits per heavy atom. The van der Waals surface area contributed by atoms with Gasteiger partial charge in [-0.1, -0.05) is 12.8 Å². The summed E-state index contributed by atoms with van der Waals surface area (Å²) in [4.78, 5) is 2.45. The Morgan fingerprint density at radius 2 is 2.00 bits per heavy atom. The Morgan fingerprint density at radius 1 is 1.28 bits per heavy atom. The van der Waals surface area contributed by atoms with E-state index in [9.17, 15) is 4.39 Å². The third kappa shape index (κ3) is 1.68. The number of halogens is 1. The Labute approximate surface area is 108 Å². The first-order valence-corrected chi connectivity index (χ1v) is 6.95. The van der Waals surface area contributed by atoms with Gasteiger partial charge < -0.3 is 10.2 Å². The van der Waals surface area contributed by atoms with Crippen LogP contribution in [0.4, 0.5) is 15.8 Å². The van der Waals surface area contributed by atoms with Crippen molar-refractivity contribution in [3.63, 3.8) is 0 Å². The van der Waals surface area contributed by atoms with Gasteiger partial charge in [0, 0.05) is 12.6 Å². The summed E-state index contributed by atoms with van der Waals surface area (Å²) >= 11 is 0. The smallest absolute Gasteiger partial charge is 0.125 e. The Hall–Kier alpha value is -1.25. The monoisotopic (exact) mass is 248 g/mol. The number of benzene rings is 1. The van der Waals surface area contributed by atoms with Gasteiger partial charge in [0.15, 0.2) is 0 Å². The average molecular weight is 248 g/mol. The minimum atomic E-state index is -0.142. The summed E-state index contributed by atoms with van der Waals surface area (Å²) in [6.07, 6.45) is 5.01. The molecular formula is C15H21FN2. The van der Waals surface area contributed by atoms with E-state index in [-0.39, 0.29) is 11.4 Å². The van der Waals surface area contributed by atoms with Gasteiger partial charge in [-0.05, 0) is 44.9 Å². The molecule has 0 radical (unpaired) electrons. The van der Waals surface area contributed by atoms with Crippen molar-refractivity contribution >= 4 is 11.4 Å². The molecule has 2 aliphatic rings. The maximum absolute atomic E-state index is 13.6. The number of rotatable bonds is 1. The predicted octanol–water partition coefficient (Wildman–Crippen LogP) is 3.78. The van der Waals surface area contributed by atoms with Gasteiger partial charge in [-0.15, -0.1) is 0 Å². The molecule has 1 aromatic rings. The molecular weight excluding hydrogens is 227 g/mol. The lowest BCUT2D eigenvalue weighted by molar-refractivity contribution is 0.380. The number of nitrogens with zero attached hydrogens (tertiary/aromatic N) is 1. The van der Waals surface area contributed by atoms with Crippen molar-refractivity contribution in [3.8, 4) is 0 Å². The Kier molecular flexibility index (Phi) is 2.72. The van der Waals surface area contributed by atoms with Crippen molar-refractivity contribution in [3.05, 3.63) is 24.0 Å². The van der Waals surface area contributed by atoms with Gasteiger partial charge >= 0.3 is 0 Å². The van der Waals surface area contributed by atoms with Crippen LogP contribution in [-0.4, -0.2) is 18.1 Å². The molecule has 18 heavy (non-hydrogen) atoms. The zero-order chi connectivity index (χ0) is 12.8. The number of nitrogens with one attached hydrogen (secondary N) is 1. The van der Waals surface area contributed by atoms with E-state index < -0.39 is 0 Å². The molecule has 3 rings (SSSR count). The molecule has 1 N–H and O–H groups in total. The van der Waals surface area contributed by atoms with Crippen LogP contribution >= 0.6 is 0 Å². The fourth-order valence-electron chi connectivity index (χ4n) is 3.73. The van der Waals surface area contributed by atoms with E-state index in [0.717, 1.165) is 17.9 Å². The van der Waals surface area contributed by atoms with Crippen molar-refractivity contribution in [2.75, 3.05) is 16.8 Å². The average Bonchev–Trinajstić information content (AvgIpc) is 2.77. The summed E-state index contributed by atoms with van der Waals surface area (Å²) in [6.45, 7) is 5.41. The van der Waals surface area contributed by atoms with Gasteiger partial charge in [-0.2, -0.15) is 0 Å². The van der Waals surface area contributed by atoms with E-state index in [2.05, 4.69) is 24.1 Å². The van der Waals surface area contributed by atoms with Crippen LogP contribution in [0.2, 0.25) is 0 Å². The van der Waals surface area contributed by atoms with Gasteiger partial charge in [0.05, 0.1) is 16.9 Å². The minimum absolute atomic E-state index is 0.142. The highest BCUT2D eigenvalue weighted by Gasteiger charge is 2.44. The fraction of sp³-hybridized carbons (Fsp3) is 0.600. The molecule has 3 heteroatoms. The zero-order valence-electron chi connectivity index (χ0n) is 11.2. The summed E-state index contributed by atoms with van der Waals surface area (Å²) in [5, 5.41) is 3.50. The second-order valence-corrected chi connectivity index (χ2v) is 5.91. The molecule has 1 saturated carbocycles. The topological polar surface area (TPSA) is 15.3 Å². The van der Waals surface area contributed by atoms with Gasteiger partial charge in [-0.3, -0.25) is 0 Å². The molecule has 0 unspecified atom stereocenters. The highest BCUT2D eigenvalue weighted by atomic mass is 19.1. The summed E-state index contributed by atoms with van der Waals surface area (Å²) in [5.74, 6) is -0.142. The van der Waals surface area contributed by atoms with Crippen LogP contribution in [0.1, 0.15) is 39.5 Å². The normalized spacial score (nSPS) is 21.2. The third-order valence-electron chi connectivity index (χ3n) is 4.39. The number of hydrogen-bond donors (Lipinski definition) is 1. The molecule has 0 saturated heterocycles. The van der Waals surface area contributed by atoms with E-state index in [1.807, 2.05) is 6.07 Å². The van der Waals surface area contributed by atoms with Crippen LogP contribution in [0.15, 0.2) is 18.2 Å². The summed E-state index contributed by atoms with van der Waals surface area (Å²) in [7, 11) is 0. The van der Waals surface area contributed by atoms with E-state index in [4.69, 9.17) is 0 Å². The molecule has 1 spiro atoms. The van der Waals surface area contributed by atoms with Crippen molar-refractivity contribution < 1.29 is 4.39 Å². The lowest BCUT2D eigenvalue weighted by atomic mass is 9.89. The quantitative estimate of drug-likeness (QED) is 0.813. The standard InChI is InChI=1S/C15H21FN2/c1-11(2)18-14-9-12(16)5-6-13(14)17-10-15(18)7-3-4-8-15/h5-6,9,11,17H,3-4,7-8,10H2,1-2H3. The van der Waals surface area contributed by atoms with Crippen molar-refractivity contribution in [1.82, 2.24) is 0 Å². The number of anilines is 2. The maximum Gasteiger partial charge on any atom is 0.125 e. The van der Waals surface area contributed by atoms with E-state index in [1.54, 1.807) is 6.07 Å². The fourth-order valence-corrected chi connectivity index (χ4v) is 3.73. The minimum Gasteiger partial charge on any atom is -0.381 e. The molecule has 0 aromatic heterocycles. The summed E-state index contributed by atoms with van der Waals surface area (Å²) in [6, 6.07) is 5.49. The van der Waals surface area contributed by atoms with Crippen molar-refractivity contribution in [1.29, 1.82) is 0 Å². The molecule has 1 aliphatic heterocycles. The van der Waals surface area contributed by atoms with Crippen LogP contribution < -0.4 is 10.2 Å². The first-order chi connectivity index (χ1) is 8.62. The maximum atomic E-state index is 13.6. The Bertz CT molecular complexity index is 450. The largest absolute Gasteiger partial charge is 0.381 e. The van der Waals surface area contributed by atoms with Crippen LogP contribution in [0.5, 0.6) is 0 Å². The van der Waals surface area contributed by atoms with E-state index >= 15 is 0 Å². The molecule has 98 valence electrons. The lowest BCUT2D eigenvalue weighted by Crippen LogP contribution is -2.57. The summed E-state index contributed by atoms with van der Waals surface area (Å²) < 4.78 is 13.6. The third-order valence-corrected chi connectivity index (χ3v) is 4.39. The molecule has 1 aromatic carbocycles. The van der Waals surface area contributed by atoms with Crippen LogP contribution in [-0.2, 0) is 0 Å². The first kappa shape index (κ1) is 11.8. The second kappa shape index (κ2) is 4.15. The van der Waals surface area contributed by atoms with Gasteiger partial charge in [0.1, 0.15) is 5.82 Å². The Balaban J connectivity index is 2.09. The molecule has 0 amide bonds. The van der Waals surface area contributed by atoms with E-state index in [1.165, 1.54) is 31.7 Å². The van der Waals surface area contributed by atoms with Crippen LogP contribution in [0.25, 0.3) is 0 Å². The first-order valence-electron chi connectivity index (χ1n) is 6.95. The number of fused-ring (bicyclic) bond motifs is 1. The van der Waals surface area contributed by atoms with Gasteiger partial charge in [0.25, 0.3) is 0 Å². The highest BCUT2D eigenvalue weighted by molar-refractivity contribution is 5.74. The SMILES string of the molecule is CC(C)N1c2cc(F)ccc2NCC12CCCC2. The predicted molar refractivity (Wildman–Crippen MR) is 73.7 cm³/mol. The molecule has 1 heterocycles. The molecule has 0 atom stereocenters. The van der Waals surface area contributed by atoms with Gasteiger partial charge in [-0.25, -0.2) is 4.39 Å². The number of hydrogen-bond acceptors (Lipinski definition) is 2. The molecule has 1 aliphatic carbocycles. The molecule has 1 fully saturated rings. The van der Waals surface area contributed by atoms with Crippen LogP contribution in [0.3, 0.4) is 0 Å². The highest BCUT2D eigenvalue weighted by Crippen LogP contribution is 2.45. The molecule has 2 nitrogen and oxygen atoms in total. The van der Waals surface area contributed by atoms with Crippen molar-refractivity contribution in [2.45, 2.75) is 51.1 Å². The summed E-state index contributed by atoms with van der Waals surface area (Å²) in [5.41, 5.74) is 2.32. The second-order valence-electron chi connectivity index (χ2n) is 5.91. The van der Waals surface area contributed by atoms with Crippen LogP contribution in [0, 0.1) is 5.82 Å². The van der Waals surface area contributed by atoms with Crippen molar-refractivity contribution in [2.24, 2.45) is 0 Å². The zero-order valence-corrected chi connectivity index (χ0v) is 11.2. The van der Waals surface area contributed by atoms with Gasteiger partial charge in [0.2, 0.25) is 0 Å².